The number of pyridine rings is 1. The van der Waals surface area contributed by atoms with E-state index in [1.807, 2.05) is 6.07 Å². The molecule has 0 bridgehead atoms. The molecule has 174 valence electrons. The number of rotatable bonds is 4. The quantitative estimate of drug-likeness (QED) is 0.436. The Balaban J connectivity index is 2.16. The zero-order valence-electron chi connectivity index (χ0n) is 17.5. The molecule has 0 amide bonds. The lowest BCUT2D eigenvalue weighted by Crippen LogP contribution is -2.39. The predicted octanol–water partition coefficient (Wildman–Crippen LogP) is 3.04. The number of alkyl halides is 3. The van der Waals surface area contributed by atoms with Crippen LogP contribution in [0.3, 0.4) is 0 Å². The lowest BCUT2D eigenvalue weighted by Gasteiger charge is -2.16. The Hall–Kier alpha value is -3.98. The summed E-state index contributed by atoms with van der Waals surface area (Å²) in [6.45, 7) is -0.176. The number of aromatic nitrogens is 3. The van der Waals surface area contributed by atoms with Crippen molar-refractivity contribution in [3.05, 3.63) is 75.2 Å². The molecule has 0 N–H and O–H groups in total. The van der Waals surface area contributed by atoms with Crippen molar-refractivity contribution in [1.29, 1.82) is 5.26 Å². The van der Waals surface area contributed by atoms with Crippen LogP contribution in [0.25, 0.3) is 27.4 Å². The minimum Gasteiger partial charge on any atom is -0.292 e. The summed E-state index contributed by atoms with van der Waals surface area (Å²) in [4.78, 5) is 30.6. The van der Waals surface area contributed by atoms with Gasteiger partial charge in [0.05, 0.1) is 45.7 Å². The molecular weight excluding hydrogens is 473 g/mol. The Morgan fingerprint density at radius 3 is 2.44 bits per heavy atom. The molecule has 2 aromatic heterocycles. The van der Waals surface area contributed by atoms with Gasteiger partial charge in [0, 0.05) is 29.8 Å². The maximum Gasteiger partial charge on any atom is 0.416 e. The van der Waals surface area contributed by atoms with Gasteiger partial charge < -0.3 is 0 Å². The van der Waals surface area contributed by atoms with Gasteiger partial charge in [-0.1, -0.05) is 6.07 Å². The van der Waals surface area contributed by atoms with Crippen LogP contribution >= 0.6 is 0 Å². The van der Waals surface area contributed by atoms with E-state index in [0.29, 0.717) is 16.0 Å². The number of hydrogen-bond donors (Lipinski definition) is 0. The summed E-state index contributed by atoms with van der Waals surface area (Å²) >= 11 is 0. The van der Waals surface area contributed by atoms with Crippen LogP contribution < -0.4 is 11.2 Å². The summed E-state index contributed by atoms with van der Waals surface area (Å²) in [6, 6.07) is 8.35. The number of hydrogen-bond acceptors (Lipinski definition) is 6. The van der Waals surface area contributed by atoms with Gasteiger partial charge in [-0.3, -0.25) is 14.3 Å². The molecule has 0 spiro atoms. The van der Waals surface area contributed by atoms with E-state index in [-0.39, 0.29) is 39.8 Å². The summed E-state index contributed by atoms with van der Waals surface area (Å²) in [7, 11) is -3.64. The van der Waals surface area contributed by atoms with Crippen LogP contribution in [0.5, 0.6) is 0 Å². The fourth-order valence-electron chi connectivity index (χ4n) is 3.68. The molecule has 2 aromatic carbocycles. The molecule has 34 heavy (non-hydrogen) atoms. The highest BCUT2D eigenvalue weighted by molar-refractivity contribution is 7.90. The monoisotopic (exact) mass is 488 g/mol. The number of fused-ring (bicyclic) bond motifs is 2. The topological polar surface area (TPSA) is 115 Å². The van der Waals surface area contributed by atoms with E-state index in [0.717, 1.165) is 29.2 Å². The van der Waals surface area contributed by atoms with Crippen molar-refractivity contribution in [3.63, 3.8) is 0 Å². The van der Waals surface area contributed by atoms with Gasteiger partial charge in [-0.15, -0.1) is 0 Å². The number of sulfone groups is 1. The fourth-order valence-corrected chi connectivity index (χ4v) is 4.32. The van der Waals surface area contributed by atoms with Crippen LogP contribution in [-0.4, -0.2) is 28.8 Å². The Kier molecular flexibility index (Phi) is 5.53. The summed E-state index contributed by atoms with van der Waals surface area (Å²) in [5, 5.41) is 9.19. The third-order valence-electron chi connectivity index (χ3n) is 5.30. The molecule has 0 fully saturated rings. The molecule has 0 saturated carbocycles. The second-order valence-corrected chi connectivity index (χ2v) is 9.54. The van der Waals surface area contributed by atoms with Crippen LogP contribution in [0.2, 0.25) is 0 Å². The minimum atomic E-state index is -4.73. The molecule has 0 unspecified atom stereocenters. The van der Waals surface area contributed by atoms with Crippen molar-refractivity contribution in [2.24, 2.45) is 0 Å². The molecule has 0 aliphatic heterocycles. The molecule has 0 aliphatic rings. The van der Waals surface area contributed by atoms with E-state index in [1.165, 1.54) is 24.4 Å². The Morgan fingerprint density at radius 1 is 1.06 bits per heavy atom. The third-order valence-corrected chi connectivity index (χ3v) is 6.41. The smallest absolute Gasteiger partial charge is 0.292 e. The van der Waals surface area contributed by atoms with Crippen molar-refractivity contribution in [3.8, 4) is 11.8 Å². The van der Waals surface area contributed by atoms with Crippen molar-refractivity contribution in [1.82, 2.24) is 14.1 Å². The van der Waals surface area contributed by atoms with Crippen LogP contribution in [-0.2, 0) is 22.6 Å². The van der Waals surface area contributed by atoms with Gasteiger partial charge in [0.25, 0.3) is 5.56 Å². The average molecular weight is 488 g/mol. The van der Waals surface area contributed by atoms with E-state index in [4.69, 9.17) is 5.26 Å². The van der Waals surface area contributed by atoms with Gasteiger partial charge >= 0.3 is 11.9 Å². The lowest BCUT2D eigenvalue weighted by atomic mass is 10.1. The normalized spacial score (nSPS) is 12.2. The van der Waals surface area contributed by atoms with Crippen LogP contribution in [0.1, 0.15) is 12.0 Å². The number of nitrogens with zero attached hydrogens (tertiary/aromatic N) is 4. The highest BCUT2D eigenvalue weighted by atomic mass is 32.2. The SMILES string of the molecule is CS(=O)(=O)c1ccc2cncc(-n3c(=O)c4cc(C(F)(F)F)ccc4n(CCC#N)c3=O)c2c1. The number of halogens is 3. The molecule has 0 atom stereocenters. The van der Waals surface area contributed by atoms with Gasteiger partial charge in [-0.2, -0.15) is 18.4 Å². The van der Waals surface area contributed by atoms with E-state index >= 15 is 0 Å². The molecule has 8 nitrogen and oxygen atoms in total. The second-order valence-electron chi connectivity index (χ2n) is 7.53. The Bertz CT molecular complexity index is 1730. The fraction of sp³-hybridized carbons (Fsp3) is 0.182. The summed E-state index contributed by atoms with van der Waals surface area (Å²) in [6.07, 6.45) is -1.33. The van der Waals surface area contributed by atoms with E-state index in [9.17, 15) is 31.2 Å². The van der Waals surface area contributed by atoms with Gasteiger partial charge in [-0.05, 0) is 30.3 Å². The van der Waals surface area contributed by atoms with Gasteiger partial charge in [0.1, 0.15) is 0 Å². The first-order valence-electron chi connectivity index (χ1n) is 9.75. The van der Waals surface area contributed by atoms with Crippen LogP contribution in [0.4, 0.5) is 13.2 Å². The lowest BCUT2D eigenvalue weighted by molar-refractivity contribution is -0.137. The van der Waals surface area contributed by atoms with E-state index < -0.39 is 32.8 Å². The average Bonchev–Trinajstić information content (AvgIpc) is 2.77. The standard InChI is InChI=1S/C22H15F3N4O4S/c1-34(32,33)15-5-3-13-11-27-12-19(16(13)10-15)29-20(30)17-9-14(22(23,24)25)4-6-18(17)28(21(29)31)8-2-7-26/h3-6,9-12H,2,8H2,1H3. The van der Waals surface area contributed by atoms with Crippen molar-refractivity contribution in [2.75, 3.05) is 6.26 Å². The van der Waals surface area contributed by atoms with E-state index in [2.05, 4.69) is 4.98 Å². The van der Waals surface area contributed by atoms with Gasteiger partial charge in [0.2, 0.25) is 0 Å². The highest BCUT2D eigenvalue weighted by Gasteiger charge is 2.31. The second kappa shape index (κ2) is 8.11. The predicted molar refractivity (Wildman–Crippen MR) is 117 cm³/mol. The van der Waals surface area contributed by atoms with Gasteiger partial charge in [0.15, 0.2) is 9.84 Å². The minimum absolute atomic E-state index is 0.0560. The third kappa shape index (κ3) is 3.94. The van der Waals surface area contributed by atoms with Crippen molar-refractivity contribution >= 4 is 31.5 Å². The molecule has 4 aromatic rings. The maximum atomic E-state index is 13.4. The highest BCUT2D eigenvalue weighted by Crippen LogP contribution is 2.31. The largest absolute Gasteiger partial charge is 0.416 e. The van der Waals surface area contributed by atoms with E-state index in [1.54, 1.807) is 0 Å². The molecule has 4 rings (SSSR count). The Morgan fingerprint density at radius 2 is 1.79 bits per heavy atom. The molecule has 2 heterocycles. The molecular formula is C22H15F3N4O4S. The number of benzene rings is 2. The summed E-state index contributed by atoms with van der Waals surface area (Å²) < 4.78 is 65.8. The zero-order chi connectivity index (χ0) is 24.8. The van der Waals surface area contributed by atoms with Crippen molar-refractivity contribution in [2.45, 2.75) is 24.0 Å². The summed E-state index contributed by atoms with van der Waals surface area (Å²) in [5.74, 6) is 0. The number of aryl methyl sites for hydroxylation is 1. The molecule has 12 heteroatoms. The van der Waals surface area contributed by atoms with Gasteiger partial charge in [-0.25, -0.2) is 17.8 Å². The maximum absolute atomic E-state index is 13.4. The first-order valence-corrected chi connectivity index (χ1v) is 11.6. The van der Waals surface area contributed by atoms with Crippen LogP contribution in [0, 0.1) is 11.3 Å². The zero-order valence-corrected chi connectivity index (χ0v) is 18.3. The Labute approximate surface area is 190 Å². The van der Waals surface area contributed by atoms with Crippen molar-refractivity contribution < 1.29 is 21.6 Å². The first-order chi connectivity index (χ1) is 15.9. The van der Waals surface area contributed by atoms with Crippen LogP contribution in [0.15, 0.2) is 63.3 Å². The summed E-state index contributed by atoms with van der Waals surface area (Å²) in [5.41, 5.74) is -3.16. The number of nitriles is 1. The first kappa shape index (κ1) is 23.2. The molecule has 0 aliphatic carbocycles. The molecule has 0 radical (unpaired) electrons. The molecule has 0 saturated heterocycles.